The van der Waals surface area contributed by atoms with E-state index in [9.17, 15) is 4.79 Å². The number of imidazole rings is 1. The molecule has 2 aromatic heterocycles. The number of methoxy groups -OCH3 is 1. The van der Waals surface area contributed by atoms with E-state index in [1.807, 2.05) is 17.7 Å². The number of aromatic nitrogens is 2. The topological polar surface area (TPSA) is 69.3 Å². The lowest BCUT2D eigenvalue weighted by molar-refractivity contribution is 0.0562. The Morgan fingerprint density at radius 2 is 2.42 bits per heavy atom. The average molecular weight is 263 g/mol. The van der Waals surface area contributed by atoms with Crippen LogP contribution in [0.1, 0.15) is 29.3 Å². The second kappa shape index (κ2) is 6.19. The first-order valence-corrected chi connectivity index (χ1v) is 6.08. The van der Waals surface area contributed by atoms with Crippen molar-refractivity contribution in [3.05, 3.63) is 42.4 Å². The lowest BCUT2D eigenvalue weighted by Crippen LogP contribution is -2.22. The summed E-state index contributed by atoms with van der Waals surface area (Å²) in [7, 11) is 1.33. The summed E-state index contributed by atoms with van der Waals surface area (Å²) in [5.74, 6) is 0.476. The molecule has 1 atom stereocenters. The van der Waals surface area contributed by atoms with E-state index in [2.05, 4.69) is 15.0 Å². The van der Waals surface area contributed by atoms with Crippen LogP contribution in [0.5, 0.6) is 0 Å². The standard InChI is InChI=1S/C13H17N3O3/c1-10(15-6-8-16-7-5-14-9-16)11-3-4-12(19-11)13(17)18-2/h3-5,7,9-10,15H,6,8H2,1-2H3. The summed E-state index contributed by atoms with van der Waals surface area (Å²) in [4.78, 5) is 15.2. The van der Waals surface area contributed by atoms with Crippen LogP contribution >= 0.6 is 0 Å². The number of hydrogen-bond acceptors (Lipinski definition) is 5. The van der Waals surface area contributed by atoms with Crippen LogP contribution < -0.4 is 5.32 Å². The van der Waals surface area contributed by atoms with E-state index in [0.717, 1.165) is 13.1 Å². The fraction of sp³-hybridized carbons (Fsp3) is 0.385. The molecule has 0 spiro atoms. The smallest absolute Gasteiger partial charge is 0.373 e. The molecule has 0 amide bonds. The van der Waals surface area contributed by atoms with Crippen molar-refractivity contribution in [3.8, 4) is 0 Å². The fourth-order valence-corrected chi connectivity index (χ4v) is 1.73. The van der Waals surface area contributed by atoms with Crippen molar-refractivity contribution in [1.82, 2.24) is 14.9 Å². The van der Waals surface area contributed by atoms with Gasteiger partial charge in [0.2, 0.25) is 5.76 Å². The number of nitrogens with zero attached hydrogens (tertiary/aromatic N) is 2. The second-order valence-corrected chi connectivity index (χ2v) is 4.17. The number of carbonyl (C=O) groups excluding carboxylic acids is 1. The molecular weight excluding hydrogens is 246 g/mol. The Labute approximate surface area is 111 Å². The van der Waals surface area contributed by atoms with Crippen molar-refractivity contribution >= 4 is 5.97 Å². The molecule has 0 saturated heterocycles. The third-order valence-electron chi connectivity index (χ3n) is 2.82. The van der Waals surface area contributed by atoms with Gasteiger partial charge in [-0.05, 0) is 19.1 Å². The third kappa shape index (κ3) is 3.45. The second-order valence-electron chi connectivity index (χ2n) is 4.17. The van der Waals surface area contributed by atoms with Crippen LogP contribution in [0, 0.1) is 0 Å². The summed E-state index contributed by atoms with van der Waals surface area (Å²) < 4.78 is 12.0. The monoisotopic (exact) mass is 263 g/mol. The van der Waals surface area contributed by atoms with E-state index in [4.69, 9.17) is 4.42 Å². The lowest BCUT2D eigenvalue weighted by Gasteiger charge is -2.11. The zero-order chi connectivity index (χ0) is 13.7. The zero-order valence-electron chi connectivity index (χ0n) is 11.0. The molecule has 0 aromatic carbocycles. The van der Waals surface area contributed by atoms with Crippen LogP contribution in [0.15, 0.2) is 35.3 Å². The number of rotatable bonds is 6. The molecule has 1 N–H and O–H groups in total. The zero-order valence-corrected chi connectivity index (χ0v) is 11.0. The molecule has 0 aliphatic rings. The van der Waals surface area contributed by atoms with E-state index in [0.29, 0.717) is 5.76 Å². The molecule has 2 aromatic rings. The van der Waals surface area contributed by atoms with Crippen molar-refractivity contribution in [2.75, 3.05) is 13.7 Å². The van der Waals surface area contributed by atoms with E-state index in [1.54, 1.807) is 24.7 Å². The molecule has 2 heterocycles. The first kappa shape index (κ1) is 13.4. The molecule has 1 unspecified atom stereocenters. The minimum absolute atomic E-state index is 0.0296. The molecule has 102 valence electrons. The average Bonchev–Trinajstić information content (AvgIpc) is 3.08. The van der Waals surface area contributed by atoms with E-state index < -0.39 is 5.97 Å². The SMILES string of the molecule is COC(=O)c1ccc(C(C)NCCn2ccnc2)o1. The number of carbonyl (C=O) groups is 1. The maximum atomic E-state index is 11.3. The Bertz CT molecular complexity index is 519. The van der Waals surface area contributed by atoms with E-state index in [-0.39, 0.29) is 11.8 Å². The number of ether oxygens (including phenoxy) is 1. The Hall–Kier alpha value is -2.08. The molecule has 0 bridgehead atoms. The highest BCUT2D eigenvalue weighted by atomic mass is 16.5. The van der Waals surface area contributed by atoms with Crippen LogP contribution in [0.3, 0.4) is 0 Å². The molecule has 6 heteroatoms. The summed E-state index contributed by atoms with van der Waals surface area (Å²) in [5.41, 5.74) is 0. The summed E-state index contributed by atoms with van der Waals surface area (Å²) in [6, 6.07) is 3.43. The van der Waals surface area contributed by atoms with Gasteiger partial charge in [-0.2, -0.15) is 0 Å². The molecule has 2 rings (SSSR count). The van der Waals surface area contributed by atoms with Crippen molar-refractivity contribution < 1.29 is 13.9 Å². The minimum atomic E-state index is -0.461. The first-order chi connectivity index (χ1) is 9.20. The highest BCUT2D eigenvalue weighted by Gasteiger charge is 2.14. The quantitative estimate of drug-likeness (QED) is 0.802. The predicted molar refractivity (Wildman–Crippen MR) is 68.7 cm³/mol. The number of furan rings is 1. The van der Waals surface area contributed by atoms with E-state index in [1.165, 1.54) is 7.11 Å². The Kier molecular flexibility index (Phi) is 4.35. The van der Waals surface area contributed by atoms with Gasteiger partial charge >= 0.3 is 5.97 Å². The maximum absolute atomic E-state index is 11.3. The summed E-state index contributed by atoms with van der Waals surface area (Å²) in [6.45, 7) is 3.59. The Morgan fingerprint density at radius 1 is 1.58 bits per heavy atom. The largest absolute Gasteiger partial charge is 0.463 e. The van der Waals surface area contributed by atoms with Gasteiger partial charge in [0, 0.05) is 25.5 Å². The predicted octanol–water partition coefficient (Wildman–Crippen LogP) is 1.61. The van der Waals surface area contributed by atoms with Gasteiger partial charge in [0.05, 0.1) is 19.5 Å². The third-order valence-corrected chi connectivity index (χ3v) is 2.82. The van der Waals surface area contributed by atoms with Gasteiger partial charge in [-0.15, -0.1) is 0 Å². The first-order valence-electron chi connectivity index (χ1n) is 6.08. The van der Waals surface area contributed by atoms with E-state index >= 15 is 0 Å². The van der Waals surface area contributed by atoms with Crippen molar-refractivity contribution in [2.24, 2.45) is 0 Å². The van der Waals surface area contributed by atoms with Crippen LogP contribution in [0.25, 0.3) is 0 Å². The minimum Gasteiger partial charge on any atom is -0.463 e. The molecule has 0 radical (unpaired) electrons. The highest BCUT2D eigenvalue weighted by Crippen LogP contribution is 2.16. The molecule has 0 aliphatic heterocycles. The summed E-state index contributed by atoms with van der Waals surface area (Å²) in [6.07, 6.45) is 5.43. The van der Waals surface area contributed by atoms with Crippen molar-refractivity contribution in [2.45, 2.75) is 19.5 Å². The van der Waals surface area contributed by atoms with Crippen LogP contribution in [0.2, 0.25) is 0 Å². The van der Waals surface area contributed by atoms with Gasteiger partial charge in [-0.25, -0.2) is 9.78 Å². The summed E-state index contributed by atoms with van der Waals surface area (Å²) >= 11 is 0. The number of esters is 1. The van der Waals surface area contributed by atoms with Gasteiger partial charge in [0.25, 0.3) is 0 Å². The van der Waals surface area contributed by atoms with Crippen molar-refractivity contribution in [1.29, 1.82) is 0 Å². The summed E-state index contributed by atoms with van der Waals surface area (Å²) in [5, 5.41) is 3.31. The van der Waals surface area contributed by atoms with Gasteiger partial charge in [-0.1, -0.05) is 0 Å². The number of nitrogens with one attached hydrogen (secondary N) is 1. The van der Waals surface area contributed by atoms with Crippen LogP contribution in [0.4, 0.5) is 0 Å². The van der Waals surface area contributed by atoms with Gasteiger partial charge in [-0.3, -0.25) is 0 Å². The maximum Gasteiger partial charge on any atom is 0.373 e. The normalized spacial score (nSPS) is 12.3. The highest BCUT2D eigenvalue weighted by molar-refractivity contribution is 5.86. The van der Waals surface area contributed by atoms with Gasteiger partial charge < -0.3 is 19.0 Å². The van der Waals surface area contributed by atoms with Gasteiger partial charge in [0.15, 0.2) is 0 Å². The fourth-order valence-electron chi connectivity index (χ4n) is 1.73. The number of hydrogen-bond donors (Lipinski definition) is 1. The van der Waals surface area contributed by atoms with Crippen LogP contribution in [-0.2, 0) is 11.3 Å². The van der Waals surface area contributed by atoms with Gasteiger partial charge in [0.1, 0.15) is 5.76 Å². The molecular formula is C13H17N3O3. The lowest BCUT2D eigenvalue weighted by atomic mass is 10.2. The molecule has 0 saturated carbocycles. The molecule has 0 fully saturated rings. The molecule has 0 aliphatic carbocycles. The Balaban J connectivity index is 1.84. The Morgan fingerprint density at radius 3 is 3.11 bits per heavy atom. The van der Waals surface area contributed by atoms with Crippen LogP contribution in [-0.4, -0.2) is 29.2 Å². The molecule has 19 heavy (non-hydrogen) atoms. The molecule has 6 nitrogen and oxygen atoms in total. The van der Waals surface area contributed by atoms with Crippen molar-refractivity contribution in [3.63, 3.8) is 0 Å².